The largest absolute Gasteiger partial charge is 0.480 e. The molecule has 32 heavy (non-hydrogen) atoms. The quantitative estimate of drug-likeness (QED) is 0.410. The van der Waals surface area contributed by atoms with Crippen molar-refractivity contribution in [3.8, 4) is 0 Å². The molecule has 0 aliphatic carbocycles. The predicted molar refractivity (Wildman–Crippen MR) is 120 cm³/mol. The van der Waals surface area contributed by atoms with Crippen molar-refractivity contribution >= 4 is 28.9 Å². The lowest BCUT2D eigenvalue weighted by molar-refractivity contribution is -0.142. The minimum Gasteiger partial charge on any atom is -0.480 e. The molecule has 0 saturated carbocycles. The standard InChI is InChI=1S/C24H27N3O5/c1-15(2)21(27-24(31)32-14-16-8-4-3-5-9-16)22(28)26-20(23(29)30)12-17-13-25-19-11-7-6-10-18(17)19/h3-11,13,15,20-21,25H,12,14H2,1-2H3,(H,26,28)(H,27,31)(H,29,30)/t20-,21-/m0/s1. The number of ether oxygens (including phenoxy) is 1. The lowest BCUT2D eigenvalue weighted by Crippen LogP contribution is -2.54. The predicted octanol–water partition coefficient (Wildman–Crippen LogP) is 3.23. The maximum atomic E-state index is 12.8. The Morgan fingerprint density at radius 1 is 1.00 bits per heavy atom. The van der Waals surface area contributed by atoms with Crippen molar-refractivity contribution < 1.29 is 24.2 Å². The van der Waals surface area contributed by atoms with E-state index in [1.165, 1.54) is 0 Å². The molecule has 2 aromatic carbocycles. The zero-order valence-electron chi connectivity index (χ0n) is 18.0. The number of benzene rings is 2. The zero-order chi connectivity index (χ0) is 23.1. The van der Waals surface area contributed by atoms with E-state index in [1.807, 2.05) is 54.6 Å². The number of aliphatic carboxylic acids is 1. The van der Waals surface area contributed by atoms with E-state index >= 15 is 0 Å². The van der Waals surface area contributed by atoms with Crippen LogP contribution < -0.4 is 10.6 Å². The van der Waals surface area contributed by atoms with Crippen LogP contribution in [-0.4, -0.2) is 40.1 Å². The Labute approximate surface area is 186 Å². The highest BCUT2D eigenvalue weighted by Crippen LogP contribution is 2.19. The number of aromatic nitrogens is 1. The SMILES string of the molecule is CC(C)[C@H](NC(=O)OCc1ccccc1)C(=O)N[C@@H](Cc1c[nH]c2ccccc12)C(=O)O. The molecule has 8 nitrogen and oxygen atoms in total. The van der Waals surface area contributed by atoms with Gasteiger partial charge >= 0.3 is 12.1 Å². The van der Waals surface area contributed by atoms with Crippen molar-refractivity contribution in [2.45, 2.75) is 39.0 Å². The Morgan fingerprint density at radius 2 is 1.69 bits per heavy atom. The molecular formula is C24H27N3O5. The van der Waals surface area contributed by atoms with Gasteiger partial charge in [-0.1, -0.05) is 62.4 Å². The third-order valence-corrected chi connectivity index (χ3v) is 5.15. The molecule has 1 heterocycles. The summed E-state index contributed by atoms with van der Waals surface area (Å²) >= 11 is 0. The van der Waals surface area contributed by atoms with Gasteiger partial charge < -0.3 is 25.5 Å². The molecule has 8 heteroatoms. The maximum absolute atomic E-state index is 12.8. The highest BCUT2D eigenvalue weighted by Gasteiger charge is 2.29. The van der Waals surface area contributed by atoms with Gasteiger partial charge in [0.25, 0.3) is 0 Å². The molecule has 0 aliphatic heterocycles. The van der Waals surface area contributed by atoms with E-state index in [4.69, 9.17) is 4.74 Å². The Kier molecular flexibility index (Phi) is 7.49. The van der Waals surface area contributed by atoms with Gasteiger partial charge in [0, 0.05) is 23.5 Å². The molecule has 2 amide bonds. The molecule has 0 bridgehead atoms. The first-order valence-corrected chi connectivity index (χ1v) is 10.4. The number of fused-ring (bicyclic) bond motifs is 1. The summed E-state index contributed by atoms with van der Waals surface area (Å²) in [6, 6.07) is 14.6. The van der Waals surface area contributed by atoms with Gasteiger partial charge in [0.15, 0.2) is 0 Å². The minimum atomic E-state index is -1.15. The van der Waals surface area contributed by atoms with Gasteiger partial charge in [0.05, 0.1) is 0 Å². The average Bonchev–Trinajstić information content (AvgIpc) is 3.19. The van der Waals surface area contributed by atoms with Crippen LogP contribution in [0.5, 0.6) is 0 Å². The normalized spacial score (nSPS) is 12.8. The number of rotatable bonds is 9. The molecular weight excluding hydrogens is 410 g/mol. The topological polar surface area (TPSA) is 121 Å². The second-order valence-electron chi connectivity index (χ2n) is 7.89. The Morgan fingerprint density at radius 3 is 2.38 bits per heavy atom. The summed E-state index contributed by atoms with van der Waals surface area (Å²) < 4.78 is 5.19. The third-order valence-electron chi connectivity index (χ3n) is 5.15. The van der Waals surface area contributed by atoms with Crippen LogP contribution in [0.2, 0.25) is 0 Å². The van der Waals surface area contributed by atoms with Crippen LogP contribution in [-0.2, 0) is 27.4 Å². The number of hydrogen-bond donors (Lipinski definition) is 4. The summed E-state index contributed by atoms with van der Waals surface area (Å²) in [6.45, 7) is 3.59. The molecule has 0 spiro atoms. The summed E-state index contributed by atoms with van der Waals surface area (Å²) in [6.07, 6.45) is 1.10. The van der Waals surface area contributed by atoms with Gasteiger partial charge in [-0.3, -0.25) is 4.79 Å². The summed E-state index contributed by atoms with van der Waals surface area (Å²) in [5, 5.41) is 15.7. The Bertz CT molecular complexity index is 1080. The number of para-hydroxylation sites is 1. The van der Waals surface area contributed by atoms with Crippen LogP contribution in [0.4, 0.5) is 4.79 Å². The van der Waals surface area contributed by atoms with Crippen LogP contribution in [0, 0.1) is 5.92 Å². The molecule has 3 aromatic rings. The number of alkyl carbamates (subject to hydrolysis) is 1. The number of carboxylic acids is 1. The van der Waals surface area contributed by atoms with E-state index in [0.717, 1.165) is 22.0 Å². The molecule has 0 saturated heterocycles. The van der Waals surface area contributed by atoms with Gasteiger partial charge in [-0.05, 0) is 23.1 Å². The van der Waals surface area contributed by atoms with Crippen molar-refractivity contribution in [2.24, 2.45) is 5.92 Å². The number of hydrogen-bond acceptors (Lipinski definition) is 4. The number of H-pyrrole nitrogens is 1. The first kappa shape index (κ1) is 22.9. The molecule has 3 rings (SSSR count). The van der Waals surface area contributed by atoms with Crippen LogP contribution >= 0.6 is 0 Å². The van der Waals surface area contributed by atoms with Crippen LogP contribution in [0.3, 0.4) is 0 Å². The first-order valence-electron chi connectivity index (χ1n) is 10.4. The van der Waals surface area contributed by atoms with E-state index in [2.05, 4.69) is 15.6 Å². The van der Waals surface area contributed by atoms with Crippen molar-refractivity contribution in [1.82, 2.24) is 15.6 Å². The van der Waals surface area contributed by atoms with Crippen LogP contribution in [0.15, 0.2) is 60.8 Å². The van der Waals surface area contributed by atoms with Gasteiger partial charge in [-0.25, -0.2) is 9.59 Å². The van der Waals surface area contributed by atoms with E-state index in [0.29, 0.717) is 0 Å². The second kappa shape index (κ2) is 10.5. The molecule has 0 fully saturated rings. The van der Waals surface area contributed by atoms with E-state index in [9.17, 15) is 19.5 Å². The summed E-state index contributed by atoms with van der Waals surface area (Å²) in [7, 11) is 0. The maximum Gasteiger partial charge on any atom is 0.408 e. The van der Waals surface area contributed by atoms with E-state index < -0.39 is 30.1 Å². The number of carbonyl (C=O) groups is 3. The molecule has 1 aromatic heterocycles. The monoisotopic (exact) mass is 437 g/mol. The fourth-order valence-corrected chi connectivity index (χ4v) is 3.41. The van der Waals surface area contributed by atoms with Crippen molar-refractivity contribution in [2.75, 3.05) is 0 Å². The fraction of sp³-hybridized carbons (Fsp3) is 0.292. The van der Waals surface area contributed by atoms with Crippen molar-refractivity contribution in [3.05, 3.63) is 71.9 Å². The van der Waals surface area contributed by atoms with E-state index in [-0.39, 0.29) is 18.9 Å². The smallest absolute Gasteiger partial charge is 0.408 e. The molecule has 4 N–H and O–H groups in total. The Balaban J connectivity index is 1.63. The summed E-state index contributed by atoms with van der Waals surface area (Å²) in [5.74, 6) is -2.01. The molecule has 168 valence electrons. The number of carboxylic acid groups (broad SMARTS) is 1. The molecule has 0 aliphatic rings. The molecule has 2 atom stereocenters. The average molecular weight is 437 g/mol. The highest BCUT2D eigenvalue weighted by atomic mass is 16.5. The zero-order valence-corrected chi connectivity index (χ0v) is 18.0. The Hall–Kier alpha value is -3.81. The lowest BCUT2D eigenvalue weighted by Gasteiger charge is -2.23. The lowest BCUT2D eigenvalue weighted by atomic mass is 10.0. The number of amides is 2. The van der Waals surface area contributed by atoms with Crippen molar-refractivity contribution in [1.29, 1.82) is 0 Å². The second-order valence-corrected chi connectivity index (χ2v) is 7.89. The minimum absolute atomic E-state index is 0.0669. The van der Waals surface area contributed by atoms with Crippen LogP contribution in [0.25, 0.3) is 10.9 Å². The number of nitrogens with one attached hydrogen (secondary N) is 3. The van der Waals surface area contributed by atoms with E-state index in [1.54, 1.807) is 20.0 Å². The summed E-state index contributed by atoms with van der Waals surface area (Å²) in [4.78, 5) is 40.0. The number of carbonyl (C=O) groups excluding carboxylic acids is 2. The van der Waals surface area contributed by atoms with Crippen molar-refractivity contribution in [3.63, 3.8) is 0 Å². The highest BCUT2D eigenvalue weighted by molar-refractivity contribution is 5.90. The van der Waals surface area contributed by atoms with Crippen LogP contribution in [0.1, 0.15) is 25.0 Å². The molecule has 0 radical (unpaired) electrons. The third kappa shape index (κ3) is 5.87. The first-order chi connectivity index (χ1) is 15.3. The summed E-state index contributed by atoms with van der Waals surface area (Å²) in [5.41, 5.74) is 2.49. The van der Waals surface area contributed by atoms with Gasteiger partial charge in [0.1, 0.15) is 18.7 Å². The fourth-order valence-electron chi connectivity index (χ4n) is 3.41. The van der Waals surface area contributed by atoms with Gasteiger partial charge in [-0.2, -0.15) is 0 Å². The van der Waals surface area contributed by atoms with Gasteiger partial charge in [-0.15, -0.1) is 0 Å². The van der Waals surface area contributed by atoms with Gasteiger partial charge in [0.2, 0.25) is 5.91 Å². The molecule has 0 unspecified atom stereocenters. The number of aromatic amines is 1.